The van der Waals surface area contributed by atoms with Crippen molar-refractivity contribution in [3.8, 4) is 59.3 Å². The Labute approximate surface area is 927 Å². The van der Waals surface area contributed by atoms with Crippen LogP contribution in [0.25, 0.3) is 82.1 Å². The van der Waals surface area contributed by atoms with Crippen LogP contribution in [0.15, 0.2) is 166 Å². The number of ether oxygens (including phenoxy) is 1. The minimum atomic E-state index is -1.09. The third-order valence-corrected chi connectivity index (χ3v) is 41.7. The molecule has 0 N–H and O–H groups in total. The molecule has 0 spiro atoms. The van der Waals surface area contributed by atoms with Gasteiger partial charge in [-0.15, -0.1) is 103 Å². The van der Waals surface area contributed by atoms with E-state index in [4.69, 9.17) is 27.9 Å². The second-order valence-electron chi connectivity index (χ2n) is 41.6. The number of thiophene rings is 7. The van der Waals surface area contributed by atoms with Crippen LogP contribution in [-0.4, -0.2) is 23.1 Å². The number of allylic oxidation sites excluding steroid dienone is 10. The summed E-state index contributed by atoms with van der Waals surface area (Å²) in [6, 6.07) is 49.0. The molecule has 7 aromatic heterocycles. The number of carbonyl (C=O) groups is 2. The summed E-state index contributed by atoms with van der Waals surface area (Å²) >= 11 is 29.3. The van der Waals surface area contributed by atoms with E-state index in [1.54, 1.807) is 11.3 Å². The van der Waals surface area contributed by atoms with E-state index in [-0.39, 0.29) is 22.7 Å². The lowest BCUT2D eigenvalue weighted by atomic mass is 9.78. The van der Waals surface area contributed by atoms with Crippen molar-refractivity contribution in [1.29, 1.82) is 21.0 Å². The molecule has 778 valence electrons. The normalized spacial score (nSPS) is 14.2. The lowest BCUT2D eigenvalue weighted by molar-refractivity contribution is 0.103. The molecule has 7 nitrogen and oxygen atoms in total. The van der Waals surface area contributed by atoms with Crippen LogP contribution >= 0.6 is 126 Å². The topological polar surface area (TPSA) is 139 Å². The van der Waals surface area contributed by atoms with Crippen molar-refractivity contribution in [3.63, 3.8) is 0 Å². The van der Waals surface area contributed by atoms with E-state index >= 15 is 0 Å². The van der Waals surface area contributed by atoms with Gasteiger partial charge in [0.25, 0.3) is 0 Å². The molecular weight excluding hydrogens is 2010 g/mol. The number of carbonyl (C=O) groups excluding carboxylic acids is 2. The van der Waals surface area contributed by atoms with Crippen molar-refractivity contribution < 1.29 is 14.3 Å². The Morgan fingerprint density at radius 2 is 0.694 bits per heavy atom. The van der Waals surface area contributed by atoms with Crippen LogP contribution in [0.2, 0.25) is 8.67 Å². The van der Waals surface area contributed by atoms with Crippen molar-refractivity contribution in [2.75, 3.05) is 11.5 Å². The number of benzene rings is 4. The molecule has 0 saturated heterocycles. The Balaban J connectivity index is 0.896. The first-order valence-corrected chi connectivity index (χ1v) is 65.2. The van der Waals surface area contributed by atoms with E-state index in [0.29, 0.717) is 65.1 Å². The number of hydrogen-bond donors (Lipinski definition) is 0. The van der Waals surface area contributed by atoms with Crippen molar-refractivity contribution in [1.82, 2.24) is 0 Å². The molecule has 18 heteroatoms. The molecule has 0 amide bonds. The maximum Gasteiger partial charge on any atom is 0.194 e. The number of thioether (sulfide) groups is 2. The van der Waals surface area contributed by atoms with Crippen molar-refractivity contribution in [3.05, 3.63) is 224 Å². The molecular formula is C129H156Cl2N4O3S9. The zero-order valence-electron chi connectivity index (χ0n) is 88.6. The summed E-state index contributed by atoms with van der Waals surface area (Å²) in [7, 11) is 0. The van der Waals surface area contributed by atoms with E-state index in [2.05, 4.69) is 151 Å². The number of unbranched alkanes of at least 4 members (excludes halogenated alkanes) is 42. The predicted molar refractivity (Wildman–Crippen MR) is 646 cm³/mol. The number of halogens is 2. The largest absolute Gasteiger partial charge is 0.470 e. The Bertz CT molecular complexity index is 6400. The number of Topliss-reactive ketones (excluding diaryl/α,β-unsaturated/α-hetero) is 2. The maximum atomic E-state index is 14.9. The van der Waals surface area contributed by atoms with E-state index in [1.807, 2.05) is 130 Å². The van der Waals surface area contributed by atoms with Crippen molar-refractivity contribution in [2.45, 2.75) is 404 Å². The second kappa shape index (κ2) is 61.3. The monoisotopic (exact) mass is 2170 g/mol. The van der Waals surface area contributed by atoms with Crippen LogP contribution in [0.3, 0.4) is 0 Å². The molecule has 0 fully saturated rings. The fraction of sp³-hybridized carbons (Fsp3) is 0.504. The quantitative estimate of drug-likeness (QED) is 0.0158. The molecule has 11 aromatic rings. The van der Waals surface area contributed by atoms with Gasteiger partial charge in [0.1, 0.15) is 35.4 Å². The predicted octanol–water partition coefficient (Wildman–Crippen LogP) is 44.7. The van der Waals surface area contributed by atoms with E-state index < -0.39 is 5.60 Å². The van der Waals surface area contributed by atoms with Gasteiger partial charge in [0.15, 0.2) is 22.9 Å². The van der Waals surface area contributed by atoms with Gasteiger partial charge in [-0.25, -0.2) is 0 Å². The molecule has 2 unspecified atom stereocenters. The Morgan fingerprint density at radius 3 is 1.05 bits per heavy atom. The molecule has 0 radical (unpaired) electrons. The third-order valence-electron chi connectivity index (χ3n) is 30.3. The highest BCUT2D eigenvalue weighted by Gasteiger charge is 2.48. The Hall–Kier alpha value is -7.62. The number of fused-ring (bicyclic) bond motifs is 9. The molecule has 1 aliphatic heterocycles. The number of aryl methyl sites for hydroxylation is 2. The Kier molecular flexibility index (Phi) is 47.9. The minimum Gasteiger partial charge on any atom is -0.470 e. The third kappa shape index (κ3) is 31.6. The highest BCUT2D eigenvalue weighted by molar-refractivity contribution is 7.99. The second-order valence-corrected chi connectivity index (χ2v) is 52.5. The first-order chi connectivity index (χ1) is 72.2. The maximum absolute atomic E-state index is 14.9. The minimum absolute atomic E-state index is 0.0936. The molecule has 0 saturated carbocycles. The smallest absolute Gasteiger partial charge is 0.194 e. The molecule has 8 heterocycles. The average molecular weight is 2170 g/mol. The van der Waals surface area contributed by atoms with Crippen LogP contribution in [0.1, 0.15) is 445 Å². The Morgan fingerprint density at radius 1 is 0.354 bits per heavy atom. The molecule has 2 aliphatic carbocycles. The molecule has 0 bridgehead atoms. The first kappa shape index (κ1) is 115. The summed E-state index contributed by atoms with van der Waals surface area (Å²) in [6.45, 7) is 13.8. The molecule has 3 aliphatic rings. The summed E-state index contributed by atoms with van der Waals surface area (Å²) in [4.78, 5) is 41.5. The number of ketones is 2. The van der Waals surface area contributed by atoms with Gasteiger partial charge >= 0.3 is 0 Å². The van der Waals surface area contributed by atoms with E-state index in [9.17, 15) is 30.6 Å². The fourth-order valence-corrected chi connectivity index (χ4v) is 33.5. The van der Waals surface area contributed by atoms with Gasteiger partial charge in [-0.1, -0.05) is 433 Å². The van der Waals surface area contributed by atoms with Crippen LogP contribution in [0.5, 0.6) is 5.75 Å². The van der Waals surface area contributed by atoms with Crippen LogP contribution in [-0.2, 0) is 18.4 Å². The summed E-state index contributed by atoms with van der Waals surface area (Å²) in [6.07, 6.45) is 80.8. The highest BCUT2D eigenvalue weighted by Crippen LogP contribution is 2.64. The summed E-state index contributed by atoms with van der Waals surface area (Å²) in [5.74, 6) is 3.65. The van der Waals surface area contributed by atoms with Crippen molar-refractivity contribution >= 4 is 191 Å². The zero-order chi connectivity index (χ0) is 103. The molecule has 14 rings (SSSR count). The fourth-order valence-electron chi connectivity index (χ4n) is 21.8. The first-order valence-electron chi connectivity index (χ1n) is 56.7. The molecule has 4 aromatic carbocycles. The number of nitriles is 4. The number of nitrogens with zero attached hydrogens (tertiary/aromatic N) is 4. The SMILES string of the molecule is CCCCCCCCCCCCC(CCCCCCCCCC)CSc1cc(/C=C/C=C2\C(=O)c3cc4sc(Cl)cc4cc3C2=C(C#N)C#N)sc1-c1cc2c(s1)-c1sc3cc(-c4sc(/C=C/C=C5\C(=O)c6cc7sc(Cl)cc7cc6C5=C(C#N)C#N)cc4SCC(CCCCCCCCCC)CCCCCCCCCCCC)sc3c1OC2(c1ccc(CCCCCCCC)cc1)c1ccc(CCCCCCCC)cc1. The van der Waals surface area contributed by atoms with Gasteiger partial charge < -0.3 is 4.74 Å². The van der Waals surface area contributed by atoms with Gasteiger partial charge in [0, 0.05) is 100 Å². The highest BCUT2D eigenvalue weighted by atomic mass is 35.5. The zero-order valence-corrected chi connectivity index (χ0v) is 97.4. The standard InChI is InChI=1S/C129H156Cl2N4O3S9/c1-7-13-19-25-31-35-37-41-47-53-61-93(59-51-45-39-33-27-21-15-9-3)89-139-112-79-101(63-55-65-103-119(97(85-132)86-133)105-75-95-77-117(130)143-110(95)81-107(105)121(103)136)141-125(112)114-83-109-124(145-114)128-123(138-129(109,99-71-67-91(68-72-99)57-49-43-29-23-17-11-5)100-73-69-92(70-74-100)58-50-44-30-24-18-12-6)127-116(147-128)84-115(146-127)126-113(140-90-94(60-52-46-40-34-28-22-16-10-4)62-54-48-42-38-36-32-26-20-14-8-2)80-102(142-126)64-56-66-104-120(98(87-134)88-135)106-76-96-78-118(131)144-111(96)82-108(106)122(104)137/h55-56,63-84,93-94H,7-54,57-62,89-90H2,1-6H3/b63-55+,64-56+,103-65-,104-66-. The van der Waals surface area contributed by atoms with E-state index in [0.717, 1.165) is 99.1 Å². The van der Waals surface area contributed by atoms with Crippen LogP contribution in [0, 0.1) is 57.2 Å². The van der Waals surface area contributed by atoms with Crippen LogP contribution < -0.4 is 4.74 Å². The van der Waals surface area contributed by atoms with Crippen LogP contribution in [0.4, 0.5) is 0 Å². The lowest BCUT2D eigenvalue weighted by Gasteiger charge is -2.39. The summed E-state index contributed by atoms with van der Waals surface area (Å²) in [5, 5.41) is 44.0. The molecule has 147 heavy (non-hydrogen) atoms. The van der Waals surface area contributed by atoms with Gasteiger partial charge in [-0.05, 0) is 169 Å². The van der Waals surface area contributed by atoms with Gasteiger partial charge in [-0.3, -0.25) is 9.59 Å². The van der Waals surface area contributed by atoms with Gasteiger partial charge in [0.2, 0.25) is 0 Å². The average Bonchev–Trinajstić information content (AvgIpc) is 1.54. The van der Waals surface area contributed by atoms with Gasteiger partial charge in [-0.2, -0.15) is 21.0 Å². The van der Waals surface area contributed by atoms with E-state index in [1.165, 1.54) is 394 Å². The number of rotatable bonds is 68. The summed E-state index contributed by atoms with van der Waals surface area (Å²) in [5.41, 5.74) is 8.26. The lowest BCUT2D eigenvalue weighted by Crippen LogP contribution is -2.37. The molecule has 2 atom stereocenters. The summed E-state index contributed by atoms with van der Waals surface area (Å²) < 4.78 is 13.8. The van der Waals surface area contributed by atoms with Crippen molar-refractivity contribution in [2.24, 2.45) is 11.8 Å². The number of hydrogen-bond acceptors (Lipinski definition) is 16. The van der Waals surface area contributed by atoms with Gasteiger partial charge in [0.05, 0.1) is 37.6 Å².